The van der Waals surface area contributed by atoms with Gasteiger partial charge in [0, 0.05) is 26.1 Å². The summed E-state index contributed by atoms with van der Waals surface area (Å²) in [6, 6.07) is 0. The highest BCUT2D eigenvalue weighted by atomic mass is 16.5. The molecule has 1 saturated heterocycles. The van der Waals surface area contributed by atoms with Crippen LogP contribution in [0.4, 0.5) is 0 Å². The predicted molar refractivity (Wildman–Crippen MR) is 60.8 cm³/mol. The third kappa shape index (κ3) is 4.20. The maximum Gasteiger partial charge on any atom is 0.222 e. The lowest BCUT2D eigenvalue weighted by molar-refractivity contribution is -0.133. The first-order valence-electron chi connectivity index (χ1n) is 6.17. The first-order valence-corrected chi connectivity index (χ1v) is 6.17. The summed E-state index contributed by atoms with van der Waals surface area (Å²) in [4.78, 5) is 13.4. The van der Waals surface area contributed by atoms with E-state index in [1.807, 2.05) is 11.8 Å². The van der Waals surface area contributed by atoms with Crippen LogP contribution in [-0.4, -0.2) is 36.6 Å². The zero-order valence-electron chi connectivity index (χ0n) is 10.00. The first-order chi connectivity index (χ1) is 7.27. The lowest BCUT2D eigenvalue weighted by Crippen LogP contribution is -2.40. The van der Waals surface area contributed by atoms with Crippen LogP contribution in [0.15, 0.2) is 0 Å². The Morgan fingerprint density at radius 3 is 2.53 bits per heavy atom. The van der Waals surface area contributed by atoms with E-state index in [2.05, 4.69) is 6.92 Å². The molecule has 0 aromatic rings. The smallest absolute Gasteiger partial charge is 0.222 e. The summed E-state index contributed by atoms with van der Waals surface area (Å²) in [6.07, 6.45) is 5.37. The quantitative estimate of drug-likeness (QED) is 0.655. The number of nitrogens with zero attached hydrogens (tertiary/aromatic N) is 1. The van der Waals surface area contributed by atoms with Crippen LogP contribution in [0.25, 0.3) is 0 Å². The SMILES string of the molecule is CCCCOC1CCN(C(=O)CC)CC1. The number of hydrogen-bond acceptors (Lipinski definition) is 2. The number of rotatable bonds is 5. The molecule has 15 heavy (non-hydrogen) atoms. The van der Waals surface area contributed by atoms with E-state index in [4.69, 9.17) is 4.74 Å². The van der Waals surface area contributed by atoms with Crippen LogP contribution in [0.3, 0.4) is 0 Å². The number of piperidine rings is 1. The van der Waals surface area contributed by atoms with E-state index in [0.717, 1.165) is 39.0 Å². The van der Waals surface area contributed by atoms with Gasteiger partial charge in [-0.05, 0) is 19.3 Å². The van der Waals surface area contributed by atoms with Gasteiger partial charge in [-0.15, -0.1) is 0 Å². The molecule has 0 radical (unpaired) electrons. The molecular formula is C12H23NO2. The van der Waals surface area contributed by atoms with Gasteiger partial charge in [-0.3, -0.25) is 4.79 Å². The summed E-state index contributed by atoms with van der Waals surface area (Å²) in [5.41, 5.74) is 0. The molecule has 1 fully saturated rings. The van der Waals surface area contributed by atoms with Crippen molar-refractivity contribution in [2.75, 3.05) is 19.7 Å². The summed E-state index contributed by atoms with van der Waals surface area (Å²) in [7, 11) is 0. The molecule has 3 heteroatoms. The van der Waals surface area contributed by atoms with Gasteiger partial charge in [0.05, 0.1) is 6.10 Å². The van der Waals surface area contributed by atoms with Gasteiger partial charge >= 0.3 is 0 Å². The lowest BCUT2D eigenvalue weighted by atomic mass is 10.1. The fourth-order valence-electron chi connectivity index (χ4n) is 1.89. The number of amides is 1. The van der Waals surface area contributed by atoms with Crippen LogP contribution >= 0.6 is 0 Å². The Morgan fingerprint density at radius 1 is 1.33 bits per heavy atom. The maximum absolute atomic E-state index is 11.4. The summed E-state index contributed by atoms with van der Waals surface area (Å²) < 4.78 is 5.75. The zero-order chi connectivity index (χ0) is 11.1. The molecule has 1 amide bonds. The van der Waals surface area contributed by atoms with Crippen LogP contribution in [0.5, 0.6) is 0 Å². The average Bonchev–Trinajstić information content (AvgIpc) is 2.29. The molecule has 0 unspecified atom stereocenters. The number of carbonyl (C=O) groups excluding carboxylic acids is 1. The van der Waals surface area contributed by atoms with Crippen molar-refractivity contribution in [3.8, 4) is 0 Å². The minimum absolute atomic E-state index is 0.280. The third-order valence-corrected chi connectivity index (χ3v) is 2.95. The minimum atomic E-state index is 0.280. The van der Waals surface area contributed by atoms with E-state index in [-0.39, 0.29) is 5.91 Å². The van der Waals surface area contributed by atoms with Gasteiger partial charge in [-0.1, -0.05) is 20.3 Å². The molecule has 88 valence electrons. The maximum atomic E-state index is 11.4. The van der Waals surface area contributed by atoms with Gasteiger partial charge < -0.3 is 9.64 Å². The average molecular weight is 213 g/mol. The van der Waals surface area contributed by atoms with Crippen molar-refractivity contribution in [1.82, 2.24) is 4.90 Å². The Labute approximate surface area is 92.8 Å². The van der Waals surface area contributed by atoms with Crippen LogP contribution < -0.4 is 0 Å². The van der Waals surface area contributed by atoms with E-state index in [9.17, 15) is 4.79 Å². The number of likely N-dealkylation sites (tertiary alicyclic amines) is 1. The largest absolute Gasteiger partial charge is 0.378 e. The fraction of sp³-hybridized carbons (Fsp3) is 0.917. The van der Waals surface area contributed by atoms with Gasteiger partial charge in [0.1, 0.15) is 0 Å². The van der Waals surface area contributed by atoms with E-state index in [1.54, 1.807) is 0 Å². The van der Waals surface area contributed by atoms with E-state index < -0.39 is 0 Å². The molecule has 0 aromatic carbocycles. The Hall–Kier alpha value is -0.570. The van der Waals surface area contributed by atoms with E-state index in [0.29, 0.717) is 12.5 Å². The molecule has 0 spiro atoms. The molecule has 1 heterocycles. The van der Waals surface area contributed by atoms with Gasteiger partial charge in [0.2, 0.25) is 5.91 Å². The molecule has 0 bridgehead atoms. The molecule has 0 aliphatic carbocycles. The van der Waals surface area contributed by atoms with Crippen LogP contribution in [0.2, 0.25) is 0 Å². The van der Waals surface area contributed by atoms with Gasteiger partial charge in [-0.2, -0.15) is 0 Å². The summed E-state index contributed by atoms with van der Waals surface area (Å²) >= 11 is 0. The molecular weight excluding hydrogens is 190 g/mol. The van der Waals surface area contributed by atoms with Crippen molar-refractivity contribution in [1.29, 1.82) is 0 Å². The Kier molecular flexibility index (Phi) is 5.69. The van der Waals surface area contributed by atoms with Crippen molar-refractivity contribution in [2.24, 2.45) is 0 Å². The lowest BCUT2D eigenvalue weighted by Gasteiger charge is -2.31. The number of ether oxygens (including phenoxy) is 1. The summed E-state index contributed by atoms with van der Waals surface area (Å²) in [5, 5.41) is 0. The molecule has 0 N–H and O–H groups in total. The van der Waals surface area contributed by atoms with Crippen LogP contribution in [0.1, 0.15) is 46.0 Å². The minimum Gasteiger partial charge on any atom is -0.378 e. The number of unbranched alkanes of at least 4 members (excludes halogenated alkanes) is 1. The molecule has 1 aliphatic heterocycles. The molecule has 0 saturated carbocycles. The highest BCUT2D eigenvalue weighted by molar-refractivity contribution is 5.75. The molecule has 1 aliphatic rings. The van der Waals surface area contributed by atoms with E-state index >= 15 is 0 Å². The molecule has 0 aromatic heterocycles. The number of hydrogen-bond donors (Lipinski definition) is 0. The van der Waals surface area contributed by atoms with Crippen molar-refractivity contribution >= 4 is 5.91 Å². The summed E-state index contributed by atoms with van der Waals surface area (Å²) in [6.45, 7) is 6.73. The molecule has 3 nitrogen and oxygen atoms in total. The molecule has 0 atom stereocenters. The van der Waals surface area contributed by atoms with Crippen molar-refractivity contribution < 1.29 is 9.53 Å². The second-order valence-corrected chi connectivity index (χ2v) is 4.16. The monoisotopic (exact) mass is 213 g/mol. The van der Waals surface area contributed by atoms with Gasteiger partial charge in [-0.25, -0.2) is 0 Å². The Morgan fingerprint density at radius 2 is 2.00 bits per heavy atom. The second-order valence-electron chi connectivity index (χ2n) is 4.16. The van der Waals surface area contributed by atoms with Crippen molar-refractivity contribution in [3.05, 3.63) is 0 Å². The fourth-order valence-corrected chi connectivity index (χ4v) is 1.89. The predicted octanol–water partition coefficient (Wildman–Crippen LogP) is 2.20. The van der Waals surface area contributed by atoms with Gasteiger partial charge in [0.25, 0.3) is 0 Å². The number of carbonyl (C=O) groups is 1. The normalized spacial score (nSPS) is 18.1. The first kappa shape index (κ1) is 12.5. The second kappa shape index (κ2) is 6.83. The third-order valence-electron chi connectivity index (χ3n) is 2.95. The summed E-state index contributed by atoms with van der Waals surface area (Å²) in [5.74, 6) is 0.280. The topological polar surface area (TPSA) is 29.5 Å². The Bertz CT molecular complexity index is 186. The van der Waals surface area contributed by atoms with Crippen LogP contribution in [0, 0.1) is 0 Å². The van der Waals surface area contributed by atoms with E-state index in [1.165, 1.54) is 6.42 Å². The standard InChI is InChI=1S/C12H23NO2/c1-3-5-10-15-11-6-8-13(9-7-11)12(14)4-2/h11H,3-10H2,1-2H3. The van der Waals surface area contributed by atoms with Crippen LogP contribution in [-0.2, 0) is 9.53 Å². The Balaban J connectivity index is 2.15. The van der Waals surface area contributed by atoms with Crippen molar-refractivity contribution in [3.63, 3.8) is 0 Å². The van der Waals surface area contributed by atoms with Crippen molar-refractivity contribution in [2.45, 2.75) is 52.1 Å². The highest BCUT2D eigenvalue weighted by Gasteiger charge is 2.21. The molecule has 1 rings (SSSR count). The zero-order valence-corrected chi connectivity index (χ0v) is 10.00. The highest BCUT2D eigenvalue weighted by Crippen LogP contribution is 2.14. The van der Waals surface area contributed by atoms with Gasteiger partial charge in [0.15, 0.2) is 0 Å².